The first-order valence-corrected chi connectivity index (χ1v) is 10.1. The largest absolute Gasteiger partial charge is 0.493 e. The van der Waals surface area contributed by atoms with Crippen LogP contribution in [0.25, 0.3) is 6.08 Å². The van der Waals surface area contributed by atoms with Crippen molar-refractivity contribution in [1.82, 2.24) is 4.98 Å². The van der Waals surface area contributed by atoms with Gasteiger partial charge >= 0.3 is 0 Å². The number of aromatic nitrogens is 1. The van der Waals surface area contributed by atoms with Crippen LogP contribution in [0.15, 0.2) is 67.0 Å². The van der Waals surface area contributed by atoms with Crippen molar-refractivity contribution in [2.24, 2.45) is 5.73 Å². The Bertz CT molecular complexity index is 1120. The number of anilines is 1. The Hall–Kier alpha value is -4.17. The van der Waals surface area contributed by atoms with Crippen molar-refractivity contribution in [2.45, 2.75) is 6.04 Å². The Morgan fingerprint density at radius 1 is 1.00 bits per heavy atom. The fourth-order valence-corrected chi connectivity index (χ4v) is 3.13. The van der Waals surface area contributed by atoms with Gasteiger partial charge in [0, 0.05) is 11.8 Å². The van der Waals surface area contributed by atoms with Crippen molar-refractivity contribution in [2.75, 3.05) is 26.6 Å². The van der Waals surface area contributed by atoms with Crippen LogP contribution in [-0.4, -0.2) is 38.0 Å². The molecule has 1 aromatic heterocycles. The van der Waals surface area contributed by atoms with E-state index in [0.717, 1.165) is 0 Å². The van der Waals surface area contributed by atoms with Crippen molar-refractivity contribution in [3.8, 4) is 17.2 Å². The van der Waals surface area contributed by atoms with E-state index in [1.807, 2.05) is 0 Å². The van der Waals surface area contributed by atoms with Crippen molar-refractivity contribution in [3.05, 3.63) is 83.7 Å². The number of carbonyl (C=O) groups is 2. The Labute approximate surface area is 192 Å². The molecule has 1 atom stereocenters. The molecule has 0 saturated carbocycles. The predicted octanol–water partition coefficient (Wildman–Crippen LogP) is 3.64. The number of amides is 1. The number of nitrogens with one attached hydrogen (secondary N) is 1. The molecule has 0 radical (unpaired) electrons. The smallest absolute Gasteiger partial charge is 0.255 e. The molecular weight excluding hydrogens is 422 g/mol. The second kappa shape index (κ2) is 10.9. The molecule has 0 aliphatic carbocycles. The molecule has 0 bridgehead atoms. The highest BCUT2D eigenvalue weighted by Gasteiger charge is 2.16. The van der Waals surface area contributed by atoms with Crippen molar-refractivity contribution in [3.63, 3.8) is 0 Å². The maximum absolute atomic E-state index is 12.6. The number of methoxy groups -OCH3 is 3. The van der Waals surface area contributed by atoms with Crippen LogP contribution < -0.4 is 25.3 Å². The van der Waals surface area contributed by atoms with Crippen LogP contribution in [0, 0.1) is 0 Å². The Kier molecular flexibility index (Phi) is 7.77. The normalized spacial score (nSPS) is 11.6. The van der Waals surface area contributed by atoms with Crippen LogP contribution in [0.2, 0.25) is 0 Å². The quantitative estimate of drug-likeness (QED) is 0.482. The summed E-state index contributed by atoms with van der Waals surface area (Å²) in [5.41, 5.74) is 8.44. The van der Waals surface area contributed by atoms with Gasteiger partial charge < -0.3 is 25.3 Å². The highest BCUT2D eigenvalue weighted by Crippen LogP contribution is 2.38. The summed E-state index contributed by atoms with van der Waals surface area (Å²) in [6, 6.07) is 12.6. The van der Waals surface area contributed by atoms with E-state index in [0.29, 0.717) is 39.6 Å². The lowest BCUT2D eigenvalue weighted by Crippen LogP contribution is -2.20. The molecule has 0 aliphatic heterocycles. The van der Waals surface area contributed by atoms with Gasteiger partial charge in [-0.25, -0.2) is 0 Å². The minimum atomic E-state index is -0.876. The van der Waals surface area contributed by atoms with Gasteiger partial charge in [0.05, 0.1) is 39.3 Å². The van der Waals surface area contributed by atoms with Crippen LogP contribution in [0.5, 0.6) is 17.2 Å². The monoisotopic (exact) mass is 447 g/mol. The highest BCUT2D eigenvalue weighted by atomic mass is 16.5. The average Bonchev–Trinajstić information content (AvgIpc) is 2.86. The van der Waals surface area contributed by atoms with Gasteiger partial charge in [-0.1, -0.05) is 18.2 Å². The summed E-state index contributed by atoms with van der Waals surface area (Å²) in [6.07, 6.45) is 6.21. The van der Waals surface area contributed by atoms with Gasteiger partial charge in [-0.15, -0.1) is 0 Å². The first-order valence-electron chi connectivity index (χ1n) is 10.1. The molecule has 3 aromatic rings. The number of hydrogen-bond acceptors (Lipinski definition) is 7. The summed E-state index contributed by atoms with van der Waals surface area (Å²) in [5, 5.41) is 2.75. The topological polar surface area (TPSA) is 113 Å². The SMILES string of the molecule is COc1cc(/C=C/C(=O)C(N)c2ccc(C(=O)Nc3cccnc3)cc2)cc(OC)c1OC. The number of rotatable bonds is 9. The van der Waals surface area contributed by atoms with Gasteiger partial charge in [0.1, 0.15) is 0 Å². The summed E-state index contributed by atoms with van der Waals surface area (Å²) in [4.78, 5) is 28.9. The van der Waals surface area contributed by atoms with Gasteiger partial charge in [0.15, 0.2) is 17.3 Å². The first-order chi connectivity index (χ1) is 16.0. The molecule has 8 heteroatoms. The maximum atomic E-state index is 12.6. The number of nitrogens with zero attached hydrogens (tertiary/aromatic N) is 1. The Balaban J connectivity index is 1.70. The Morgan fingerprint density at radius 2 is 1.67 bits per heavy atom. The molecule has 1 unspecified atom stereocenters. The van der Waals surface area contributed by atoms with Crippen LogP contribution >= 0.6 is 0 Å². The zero-order chi connectivity index (χ0) is 23.8. The number of hydrogen-bond donors (Lipinski definition) is 2. The second-order valence-corrected chi connectivity index (χ2v) is 6.99. The van der Waals surface area contributed by atoms with Crippen molar-refractivity contribution < 1.29 is 23.8 Å². The van der Waals surface area contributed by atoms with E-state index in [4.69, 9.17) is 19.9 Å². The van der Waals surface area contributed by atoms with Gasteiger partial charge in [0.2, 0.25) is 5.75 Å². The molecule has 3 N–H and O–H groups in total. The van der Waals surface area contributed by atoms with Gasteiger partial charge in [-0.2, -0.15) is 0 Å². The van der Waals surface area contributed by atoms with E-state index in [1.54, 1.807) is 67.0 Å². The minimum Gasteiger partial charge on any atom is -0.493 e. The van der Waals surface area contributed by atoms with Crippen LogP contribution in [0.1, 0.15) is 27.5 Å². The molecule has 3 rings (SSSR count). The maximum Gasteiger partial charge on any atom is 0.255 e. The zero-order valence-electron chi connectivity index (χ0n) is 18.6. The summed E-state index contributed by atoms with van der Waals surface area (Å²) >= 11 is 0. The van der Waals surface area contributed by atoms with Gasteiger partial charge in [-0.05, 0) is 53.6 Å². The first kappa shape index (κ1) is 23.5. The van der Waals surface area contributed by atoms with Crippen LogP contribution in [0.3, 0.4) is 0 Å². The zero-order valence-corrected chi connectivity index (χ0v) is 18.6. The van der Waals surface area contributed by atoms with Crippen LogP contribution in [0.4, 0.5) is 5.69 Å². The average molecular weight is 447 g/mol. The molecule has 170 valence electrons. The van der Waals surface area contributed by atoms with Crippen LogP contribution in [-0.2, 0) is 4.79 Å². The van der Waals surface area contributed by atoms with Crippen molar-refractivity contribution >= 4 is 23.5 Å². The number of nitrogens with two attached hydrogens (primary N) is 1. The molecule has 1 amide bonds. The third-order valence-electron chi connectivity index (χ3n) is 4.89. The fourth-order valence-electron chi connectivity index (χ4n) is 3.13. The molecule has 8 nitrogen and oxygen atoms in total. The molecule has 0 spiro atoms. The third kappa shape index (κ3) is 5.75. The summed E-state index contributed by atoms with van der Waals surface area (Å²) in [6.45, 7) is 0. The molecule has 0 fully saturated rings. The van der Waals surface area contributed by atoms with E-state index >= 15 is 0 Å². The lowest BCUT2D eigenvalue weighted by molar-refractivity contribution is -0.115. The summed E-state index contributed by atoms with van der Waals surface area (Å²) < 4.78 is 16.0. The number of carbonyl (C=O) groups excluding carboxylic acids is 2. The lowest BCUT2D eigenvalue weighted by Gasteiger charge is -2.13. The highest BCUT2D eigenvalue weighted by molar-refractivity contribution is 6.04. The summed E-state index contributed by atoms with van der Waals surface area (Å²) in [5.74, 6) is 0.850. The van der Waals surface area contributed by atoms with Gasteiger partial charge in [-0.3, -0.25) is 14.6 Å². The Morgan fingerprint density at radius 3 is 2.21 bits per heavy atom. The van der Waals surface area contributed by atoms with E-state index < -0.39 is 6.04 Å². The standard InChI is InChI=1S/C25H25N3O5/c1-31-21-13-16(14-22(32-2)24(21)33-3)6-11-20(29)23(26)17-7-9-18(10-8-17)25(30)28-19-5-4-12-27-15-19/h4-15,23H,26H2,1-3H3,(H,28,30)/b11-6+. The molecule has 0 aliphatic rings. The molecular formula is C25H25N3O5. The number of ketones is 1. The van der Waals surface area contributed by atoms with E-state index in [9.17, 15) is 9.59 Å². The van der Waals surface area contributed by atoms with E-state index in [2.05, 4.69) is 10.3 Å². The number of benzene rings is 2. The molecule has 0 saturated heterocycles. The van der Waals surface area contributed by atoms with Crippen molar-refractivity contribution in [1.29, 1.82) is 0 Å². The number of ether oxygens (including phenoxy) is 3. The summed E-state index contributed by atoms with van der Waals surface area (Å²) in [7, 11) is 4.56. The molecule has 2 aromatic carbocycles. The molecule has 33 heavy (non-hydrogen) atoms. The minimum absolute atomic E-state index is 0.281. The number of pyridine rings is 1. The lowest BCUT2D eigenvalue weighted by atomic mass is 10.0. The van der Waals surface area contributed by atoms with Gasteiger partial charge in [0.25, 0.3) is 5.91 Å². The second-order valence-electron chi connectivity index (χ2n) is 6.99. The third-order valence-corrected chi connectivity index (χ3v) is 4.89. The van der Waals surface area contributed by atoms with E-state index in [-0.39, 0.29) is 11.7 Å². The molecule has 1 heterocycles. The predicted molar refractivity (Wildman–Crippen MR) is 126 cm³/mol. The fraction of sp³-hybridized carbons (Fsp3) is 0.160. The van der Waals surface area contributed by atoms with E-state index in [1.165, 1.54) is 27.4 Å².